The molecule has 0 aliphatic heterocycles. The van der Waals surface area contributed by atoms with Gasteiger partial charge in [-0.15, -0.1) is 0 Å². The number of carbonyl (C=O) groups is 1. The topological polar surface area (TPSA) is 17.1 Å². The fraction of sp³-hybridized carbons (Fsp3) is 0.917. The van der Waals surface area contributed by atoms with Gasteiger partial charge in [0.15, 0.2) is 0 Å². The molecule has 0 aromatic heterocycles. The molecule has 13 heavy (non-hydrogen) atoms. The minimum Gasteiger partial charge on any atom is -0.299 e. The van der Waals surface area contributed by atoms with E-state index in [1.165, 1.54) is 32.1 Å². The van der Waals surface area contributed by atoms with Gasteiger partial charge in [0, 0.05) is 11.8 Å². The molecule has 0 unspecified atom stereocenters. The van der Waals surface area contributed by atoms with E-state index in [9.17, 15) is 4.79 Å². The highest BCUT2D eigenvalue weighted by atomic mass is 16.1. The average molecular weight is 182 g/mol. The van der Waals surface area contributed by atoms with Crippen LogP contribution in [0.15, 0.2) is 0 Å². The van der Waals surface area contributed by atoms with Gasteiger partial charge in [-0.05, 0) is 12.8 Å². The summed E-state index contributed by atoms with van der Waals surface area (Å²) >= 11 is 0. The van der Waals surface area contributed by atoms with Crippen LogP contribution in [-0.2, 0) is 4.79 Å². The smallest absolute Gasteiger partial charge is 0.138 e. The minimum atomic E-state index is 0.240. The Kier molecular flexibility index (Phi) is 4.47. The van der Waals surface area contributed by atoms with Crippen LogP contribution in [0.4, 0.5) is 0 Å². The largest absolute Gasteiger partial charge is 0.299 e. The van der Waals surface area contributed by atoms with E-state index >= 15 is 0 Å². The molecule has 0 aromatic carbocycles. The zero-order chi connectivity index (χ0) is 9.68. The lowest BCUT2D eigenvalue weighted by Gasteiger charge is -2.19. The third-order valence-electron chi connectivity index (χ3n) is 3.08. The second-order valence-electron chi connectivity index (χ2n) is 4.60. The molecule has 0 spiro atoms. The predicted octanol–water partition coefficient (Wildman–Crippen LogP) is 3.57. The van der Waals surface area contributed by atoms with Crippen LogP contribution in [0.3, 0.4) is 0 Å². The second-order valence-corrected chi connectivity index (χ2v) is 4.60. The molecule has 1 nitrogen and oxygen atoms in total. The van der Waals surface area contributed by atoms with Crippen LogP contribution >= 0.6 is 0 Å². The van der Waals surface area contributed by atoms with Gasteiger partial charge in [0.2, 0.25) is 0 Å². The molecule has 0 amide bonds. The Hall–Kier alpha value is -0.330. The van der Waals surface area contributed by atoms with E-state index in [0.717, 1.165) is 12.8 Å². The number of rotatable bonds is 2. The quantitative estimate of drug-likeness (QED) is 0.638. The molecule has 1 aliphatic carbocycles. The SMILES string of the molecule is CC(C)C(=O)C1CCCCCCC1. The minimum absolute atomic E-state index is 0.240. The van der Waals surface area contributed by atoms with E-state index in [4.69, 9.17) is 0 Å². The van der Waals surface area contributed by atoms with Crippen LogP contribution in [0.2, 0.25) is 0 Å². The molecule has 1 saturated carbocycles. The van der Waals surface area contributed by atoms with Gasteiger partial charge in [-0.2, -0.15) is 0 Å². The van der Waals surface area contributed by atoms with Crippen molar-refractivity contribution in [3.05, 3.63) is 0 Å². The van der Waals surface area contributed by atoms with E-state index in [2.05, 4.69) is 0 Å². The van der Waals surface area contributed by atoms with Crippen molar-refractivity contribution in [3.8, 4) is 0 Å². The summed E-state index contributed by atoms with van der Waals surface area (Å²) < 4.78 is 0. The zero-order valence-electron chi connectivity index (χ0n) is 9.01. The molecule has 76 valence electrons. The summed E-state index contributed by atoms with van der Waals surface area (Å²) in [6.07, 6.45) is 8.88. The normalized spacial score (nSPS) is 21.2. The van der Waals surface area contributed by atoms with Gasteiger partial charge >= 0.3 is 0 Å². The van der Waals surface area contributed by atoms with Crippen molar-refractivity contribution in [3.63, 3.8) is 0 Å². The van der Waals surface area contributed by atoms with E-state index in [1.807, 2.05) is 13.8 Å². The molecule has 0 saturated heterocycles. The van der Waals surface area contributed by atoms with Crippen LogP contribution in [0.5, 0.6) is 0 Å². The molecular formula is C12H22O. The standard InChI is InChI=1S/C12H22O/c1-10(2)12(13)11-8-6-4-3-5-7-9-11/h10-11H,3-9H2,1-2H3. The van der Waals surface area contributed by atoms with Gasteiger partial charge in [-0.25, -0.2) is 0 Å². The van der Waals surface area contributed by atoms with E-state index < -0.39 is 0 Å². The summed E-state index contributed by atoms with van der Waals surface area (Å²) in [6.45, 7) is 4.06. The number of hydrogen-bond acceptors (Lipinski definition) is 1. The number of carbonyl (C=O) groups excluding carboxylic acids is 1. The monoisotopic (exact) mass is 182 g/mol. The summed E-state index contributed by atoms with van der Waals surface area (Å²) in [5, 5.41) is 0. The Balaban J connectivity index is 2.41. The third-order valence-corrected chi connectivity index (χ3v) is 3.08. The molecule has 0 bridgehead atoms. The molecular weight excluding hydrogens is 160 g/mol. The lowest BCUT2D eigenvalue weighted by atomic mass is 9.84. The molecule has 0 heterocycles. The van der Waals surface area contributed by atoms with Crippen molar-refractivity contribution in [2.45, 2.75) is 58.8 Å². The van der Waals surface area contributed by atoms with Gasteiger partial charge in [-0.3, -0.25) is 4.79 Å². The van der Waals surface area contributed by atoms with Crippen LogP contribution in [0.25, 0.3) is 0 Å². The molecule has 0 aromatic rings. The summed E-state index contributed by atoms with van der Waals surface area (Å²) in [5.41, 5.74) is 0. The van der Waals surface area contributed by atoms with Crippen LogP contribution in [0.1, 0.15) is 58.8 Å². The van der Waals surface area contributed by atoms with Crippen LogP contribution in [0, 0.1) is 11.8 Å². The molecule has 0 atom stereocenters. The van der Waals surface area contributed by atoms with Crippen molar-refractivity contribution in [1.29, 1.82) is 0 Å². The molecule has 1 aliphatic rings. The molecule has 1 rings (SSSR count). The first-order valence-electron chi connectivity index (χ1n) is 5.75. The van der Waals surface area contributed by atoms with Gasteiger partial charge in [0.05, 0.1) is 0 Å². The Morgan fingerprint density at radius 2 is 1.46 bits per heavy atom. The molecule has 1 heteroatoms. The second kappa shape index (κ2) is 5.41. The Labute approximate surface area is 81.9 Å². The summed E-state index contributed by atoms with van der Waals surface area (Å²) in [5.74, 6) is 1.13. The Bertz CT molecular complexity index is 153. The maximum atomic E-state index is 11.8. The van der Waals surface area contributed by atoms with E-state index in [-0.39, 0.29) is 5.92 Å². The summed E-state index contributed by atoms with van der Waals surface area (Å²) in [4.78, 5) is 11.8. The number of Topliss-reactive ketones (excluding diaryl/α,β-unsaturated/α-hetero) is 1. The summed E-state index contributed by atoms with van der Waals surface area (Å²) in [6, 6.07) is 0. The molecule has 0 radical (unpaired) electrons. The lowest BCUT2D eigenvalue weighted by molar-refractivity contribution is -0.126. The van der Waals surface area contributed by atoms with E-state index in [1.54, 1.807) is 0 Å². The summed E-state index contributed by atoms with van der Waals surface area (Å²) in [7, 11) is 0. The van der Waals surface area contributed by atoms with Gasteiger partial charge in [0.25, 0.3) is 0 Å². The van der Waals surface area contributed by atoms with Crippen molar-refractivity contribution < 1.29 is 4.79 Å². The van der Waals surface area contributed by atoms with Crippen LogP contribution in [-0.4, -0.2) is 5.78 Å². The first-order chi connectivity index (χ1) is 6.22. The highest BCUT2D eigenvalue weighted by Gasteiger charge is 2.21. The Morgan fingerprint density at radius 3 is 1.92 bits per heavy atom. The first kappa shape index (κ1) is 10.7. The van der Waals surface area contributed by atoms with Crippen molar-refractivity contribution in [2.75, 3.05) is 0 Å². The van der Waals surface area contributed by atoms with Crippen molar-refractivity contribution >= 4 is 5.78 Å². The molecule has 0 N–H and O–H groups in total. The highest BCUT2D eigenvalue weighted by Crippen LogP contribution is 2.24. The van der Waals surface area contributed by atoms with Gasteiger partial charge in [0.1, 0.15) is 5.78 Å². The van der Waals surface area contributed by atoms with Gasteiger partial charge in [-0.1, -0.05) is 46.0 Å². The van der Waals surface area contributed by atoms with Crippen molar-refractivity contribution in [2.24, 2.45) is 11.8 Å². The maximum Gasteiger partial charge on any atom is 0.138 e. The Morgan fingerprint density at radius 1 is 1.00 bits per heavy atom. The first-order valence-corrected chi connectivity index (χ1v) is 5.75. The lowest BCUT2D eigenvalue weighted by Crippen LogP contribution is -2.20. The fourth-order valence-electron chi connectivity index (χ4n) is 2.21. The van der Waals surface area contributed by atoms with E-state index in [0.29, 0.717) is 11.7 Å². The average Bonchev–Trinajstić information content (AvgIpc) is 2.02. The predicted molar refractivity (Wildman–Crippen MR) is 55.7 cm³/mol. The highest BCUT2D eigenvalue weighted by molar-refractivity contribution is 5.82. The van der Waals surface area contributed by atoms with Gasteiger partial charge < -0.3 is 0 Å². The fourth-order valence-corrected chi connectivity index (χ4v) is 2.21. The molecule has 1 fully saturated rings. The van der Waals surface area contributed by atoms with Crippen LogP contribution < -0.4 is 0 Å². The number of ketones is 1. The van der Waals surface area contributed by atoms with Crippen molar-refractivity contribution in [1.82, 2.24) is 0 Å². The third kappa shape index (κ3) is 3.50. The number of hydrogen-bond donors (Lipinski definition) is 0. The zero-order valence-corrected chi connectivity index (χ0v) is 9.01. The maximum absolute atomic E-state index is 11.8.